The van der Waals surface area contributed by atoms with Crippen molar-refractivity contribution in [2.24, 2.45) is 0 Å². The molecule has 1 aliphatic heterocycles. The fourth-order valence-electron chi connectivity index (χ4n) is 4.53. The summed E-state index contributed by atoms with van der Waals surface area (Å²) in [7, 11) is 1.48. The zero-order valence-corrected chi connectivity index (χ0v) is 19.9. The maximum atomic E-state index is 14.9. The predicted octanol–water partition coefficient (Wildman–Crippen LogP) is 2.22. The van der Waals surface area contributed by atoms with Crippen molar-refractivity contribution in [3.63, 3.8) is 0 Å². The lowest BCUT2D eigenvalue weighted by atomic mass is 10.0. The first-order valence-corrected chi connectivity index (χ1v) is 11.6. The van der Waals surface area contributed by atoms with Gasteiger partial charge in [0.25, 0.3) is 23.5 Å². The largest absolute Gasteiger partial charge is 0.360 e. The number of amides is 3. The lowest BCUT2D eigenvalue weighted by Gasteiger charge is -2.34. The van der Waals surface area contributed by atoms with Gasteiger partial charge >= 0.3 is 0 Å². The average Bonchev–Trinajstić information content (AvgIpc) is 3.61. The van der Waals surface area contributed by atoms with Crippen molar-refractivity contribution in [2.45, 2.75) is 0 Å². The van der Waals surface area contributed by atoms with E-state index in [0.29, 0.717) is 16.8 Å². The van der Waals surface area contributed by atoms with E-state index in [1.54, 1.807) is 29.2 Å². The number of rotatable bonds is 5. The molecule has 2 aromatic carbocycles. The first kappa shape index (κ1) is 23.9. The maximum Gasteiger partial charge on any atom is 0.295 e. The second-order valence-corrected chi connectivity index (χ2v) is 8.56. The van der Waals surface area contributed by atoms with E-state index in [0.717, 1.165) is 0 Å². The summed E-state index contributed by atoms with van der Waals surface area (Å²) >= 11 is 0. The van der Waals surface area contributed by atoms with Crippen molar-refractivity contribution in [3.05, 3.63) is 77.4 Å². The van der Waals surface area contributed by atoms with Gasteiger partial charge < -0.3 is 20.1 Å². The summed E-state index contributed by atoms with van der Waals surface area (Å²) in [6.07, 6.45) is 2.65. The van der Waals surface area contributed by atoms with Crippen molar-refractivity contribution >= 4 is 34.4 Å². The number of halogens is 1. The van der Waals surface area contributed by atoms with Crippen molar-refractivity contribution in [1.29, 1.82) is 0 Å². The first-order chi connectivity index (χ1) is 17.9. The Morgan fingerprint density at radius 2 is 1.65 bits per heavy atom. The molecule has 10 nitrogen and oxygen atoms in total. The monoisotopic (exact) mass is 502 g/mol. The highest BCUT2D eigenvalue weighted by Gasteiger charge is 2.31. The zero-order chi connectivity index (χ0) is 26.1. The third kappa shape index (κ3) is 4.24. The van der Waals surface area contributed by atoms with Gasteiger partial charge in [-0.25, -0.2) is 4.39 Å². The number of aromatic amines is 2. The maximum absolute atomic E-state index is 14.9. The second kappa shape index (κ2) is 9.69. The first-order valence-electron chi connectivity index (χ1n) is 11.6. The number of benzene rings is 2. The molecule has 0 spiro atoms. The zero-order valence-electron chi connectivity index (χ0n) is 19.9. The van der Waals surface area contributed by atoms with Crippen LogP contribution < -0.4 is 5.32 Å². The van der Waals surface area contributed by atoms with Gasteiger partial charge in [-0.2, -0.15) is 5.10 Å². The Bertz CT molecular complexity index is 1520. The van der Waals surface area contributed by atoms with E-state index in [4.69, 9.17) is 0 Å². The van der Waals surface area contributed by atoms with E-state index in [1.807, 2.05) is 6.07 Å². The van der Waals surface area contributed by atoms with Crippen LogP contribution in [0.3, 0.4) is 0 Å². The summed E-state index contributed by atoms with van der Waals surface area (Å²) in [6.45, 7) is 0.925. The Labute approximate surface area is 210 Å². The van der Waals surface area contributed by atoms with Crippen molar-refractivity contribution in [1.82, 2.24) is 30.3 Å². The second-order valence-electron chi connectivity index (χ2n) is 8.56. The molecule has 0 bridgehead atoms. The molecule has 5 rings (SSSR count). The van der Waals surface area contributed by atoms with Gasteiger partial charge in [0.2, 0.25) is 0 Å². The predicted molar refractivity (Wildman–Crippen MR) is 132 cm³/mol. The van der Waals surface area contributed by atoms with Gasteiger partial charge in [0.1, 0.15) is 5.82 Å². The highest BCUT2D eigenvalue weighted by molar-refractivity contribution is 6.45. The summed E-state index contributed by atoms with van der Waals surface area (Å²) < 4.78 is 14.9. The third-order valence-electron chi connectivity index (χ3n) is 6.48. The molecule has 3 heterocycles. The lowest BCUT2D eigenvalue weighted by Crippen LogP contribution is -2.52. The molecule has 3 N–H and O–H groups in total. The van der Waals surface area contributed by atoms with Crippen LogP contribution in [-0.2, 0) is 4.79 Å². The van der Waals surface area contributed by atoms with E-state index < -0.39 is 17.5 Å². The molecule has 2 aromatic heterocycles. The highest BCUT2D eigenvalue weighted by Crippen LogP contribution is 2.33. The van der Waals surface area contributed by atoms with Gasteiger partial charge in [-0.3, -0.25) is 24.3 Å². The van der Waals surface area contributed by atoms with Gasteiger partial charge in [0.15, 0.2) is 0 Å². The standard InChI is InChI=1S/C26H23FN6O4/c1-28-24(35)18-14-30-31-21(18)16-7-8-19(27)20-17(13-29-22(16)20)23(34)26(37)33-11-9-32(10-12-33)25(36)15-5-3-2-4-6-15/h2-8,13-14,29H,9-12H2,1H3,(H,28,35)(H,30,31). The van der Waals surface area contributed by atoms with Crippen LogP contribution in [0.15, 0.2) is 54.9 Å². The SMILES string of the molecule is CNC(=O)c1cn[nH]c1-c1ccc(F)c2c(C(=O)C(=O)N3CCN(C(=O)c4ccccc4)CC3)c[nH]c12. The molecule has 37 heavy (non-hydrogen) atoms. The molecule has 1 saturated heterocycles. The van der Waals surface area contributed by atoms with Crippen LogP contribution >= 0.6 is 0 Å². The molecule has 0 unspecified atom stereocenters. The van der Waals surface area contributed by atoms with E-state index in [2.05, 4.69) is 20.5 Å². The Hall–Kier alpha value is -4.80. The molecule has 188 valence electrons. The molecular formula is C26H23FN6O4. The summed E-state index contributed by atoms with van der Waals surface area (Å²) in [5, 5.41) is 9.13. The molecule has 0 radical (unpaired) electrons. The summed E-state index contributed by atoms with van der Waals surface area (Å²) in [6, 6.07) is 11.5. The summed E-state index contributed by atoms with van der Waals surface area (Å²) in [5.74, 6) is -2.84. The minimum atomic E-state index is -0.860. The van der Waals surface area contributed by atoms with Crippen molar-refractivity contribution < 1.29 is 23.6 Å². The number of nitrogens with zero attached hydrogens (tertiary/aromatic N) is 3. The van der Waals surface area contributed by atoms with Crippen LogP contribution in [0.5, 0.6) is 0 Å². The van der Waals surface area contributed by atoms with E-state index in [1.165, 1.54) is 36.5 Å². The van der Waals surface area contributed by atoms with Gasteiger partial charge in [0, 0.05) is 55.9 Å². The fraction of sp³-hybridized carbons (Fsp3) is 0.192. The Morgan fingerprint density at radius 1 is 0.946 bits per heavy atom. The molecule has 3 amide bonds. The minimum absolute atomic E-state index is 0.0498. The van der Waals surface area contributed by atoms with Crippen LogP contribution in [0.4, 0.5) is 4.39 Å². The number of H-pyrrole nitrogens is 2. The Kier molecular flexibility index (Phi) is 6.26. The van der Waals surface area contributed by atoms with Crippen LogP contribution in [0.25, 0.3) is 22.2 Å². The molecule has 11 heteroatoms. The van der Waals surface area contributed by atoms with Crippen LogP contribution in [-0.4, -0.2) is 81.7 Å². The average molecular weight is 503 g/mol. The van der Waals surface area contributed by atoms with Gasteiger partial charge in [-0.15, -0.1) is 0 Å². The Balaban J connectivity index is 1.37. The highest BCUT2D eigenvalue weighted by atomic mass is 19.1. The summed E-state index contributed by atoms with van der Waals surface area (Å²) in [4.78, 5) is 57.0. The summed E-state index contributed by atoms with van der Waals surface area (Å²) in [5.41, 5.74) is 1.71. The van der Waals surface area contributed by atoms with Crippen molar-refractivity contribution in [3.8, 4) is 11.3 Å². The van der Waals surface area contributed by atoms with Gasteiger partial charge in [-0.05, 0) is 24.3 Å². The van der Waals surface area contributed by atoms with E-state index in [9.17, 15) is 23.6 Å². The number of piperazine rings is 1. The topological polar surface area (TPSA) is 131 Å². The Morgan fingerprint density at radius 3 is 2.35 bits per heavy atom. The van der Waals surface area contributed by atoms with Crippen LogP contribution in [0.1, 0.15) is 31.1 Å². The van der Waals surface area contributed by atoms with E-state index >= 15 is 0 Å². The smallest absolute Gasteiger partial charge is 0.295 e. The number of hydrogen-bond donors (Lipinski definition) is 3. The molecule has 0 saturated carbocycles. The molecule has 4 aromatic rings. The normalized spacial score (nSPS) is 13.6. The number of carbonyl (C=O) groups is 4. The van der Waals surface area contributed by atoms with Gasteiger partial charge in [0.05, 0.1) is 28.5 Å². The van der Waals surface area contributed by atoms with Gasteiger partial charge in [-0.1, -0.05) is 18.2 Å². The van der Waals surface area contributed by atoms with Crippen LogP contribution in [0, 0.1) is 5.82 Å². The number of carbonyl (C=O) groups excluding carboxylic acids is 4. The molecule has 0 atom stereocenters. The number of Topliss-reactive ketones (excluding diaryl/α,β-unsaturated/α-hetero) is 1. The number of hydrogen-bond acceptors (Lipinski definition) is 5. The van der Waals surface area contributed by atoms with Crippen molar-refractivity contribution in [2.75, 3.05) is 33.2 Å². The number of ketones is 1. The third-order valence-corrected chi connectivity index (χ3v) is 6.48. The molecule has 1 aliphatic rings. The number of fused-ring (bicyclic) bond motifs is 1. The fourth-order valence-corrected chi connectivity index (χ4v) is 4.53. The van der Waals surface area contributed by atoms with E-state index in [-0.39, 0.29) is 60.0 Å². The number of nitrogens with one attached hydrogen (secondary N) is 3. The minimum Gasteiger partial charge on any atom is -0.360 e. The van der Waals surface area contributed by atoms with Crippen LogP contribution in [0.2, 0.25) is 0 Å². The quantitative estimate of drug-likeness (QED) is 0.285. The molecule has 1 fully saturated rings. The molecule has 0 aliphatic carbocycles. The number of aromatic nitrogens is 3. The molecular weight excluding hydrogens is 479 g/mol. The lowest BCUT2D eigenvalue weighted by molar-refractivity contribution is -0.127.